The molecular weight excluding hydrogens is 355 g/mol. The Hall–Kier alpha value is -3.98. The minimum Gasteiger partial charge on any atom is -0.318 e. The zero-order chi connectivity index (χ0) is 19.7. The Morgan fingerprint density at radius 1 is 1.00 bits per heavy atom. The first kappa shape index (κ1) is 17.4. The standard InChI is InChI=1S/C22H15FN4O/c1-26-14-20(19(10-22(26)28)15-6-8-18(23)9-7-15)17-12-25-27(13-17)21-5-3-2-4-16(21)11-24/h2-10,12-14H,1H3. The Bertz CT molecular complexity index is 1260. The number of hydrogen-bond acceptors (Lipinski definition) is 3. The molecule has 28 heavy (non-hydrogen) atoms. The summed E-state index contributed by atoms with van der Waals surface area (Å²) < 4.78 is 16.4. The van der Waals surface area contributed by atoms with Gasteiger partial charge in [-0.3, -0.25) is 4.79 Å². The van der Waals surface area contributed by atoms with Gasteiger partial charge in [-0.1, -0.05) is 24.3 Å². The number of aryl methyl sites for hydroxylation is 1. The summed E-state index contributed by atoms with van der Waals surface area (Å²) in [7, 11) is 1.68. The summed E-state index contributed by atoms with van der Waals surface area (Å²) in [5, 5.41) is 13.7. The van der Waals surface area contributed by atoms with Crippen LogP contribution in [0.3, 0.4) is 0 Å². The molecule has 4 aromatic rings. The molecule has 0 aliphatic rings. The molecule has 0 unspecified atom stereocenters. The Balaban J connectivity index is 1.88. The van der Waals surface area contributed by atoms with Crippen LogP contribution in [0.5, 0.6) is 0 Å². The highest BCUT2D eigenvalue weighted by atomic mass is 19.1. The van der Waals surface area contributed by atoms with Gasteiger partial charge in [-0.25, -0.2) is 9.07 Å². The van der Waals surface area contributed by atoms with Gasteiger partial charge in [-0.05, 0) is 35.4 Å². The Morgan fingerprint density at radius 2 is 1.75 bits per heavy atom. The predicted octanol–water partition coefficient (Wildman–Crippen LogP) is 3.92. The lowest BCUT2D eigenvalue weighted by atomic mass is 9.98. The van der Waals surface area contributed by atoms with Crippen molar-refractivity contribution in [3.8, 4) is 34.0 Å². The summed E-state index contributed by atoms with van der Waals surface area (Å²) in [5.74, 6) is -0.338. The Morgan fingerprint density at radius 3 is 2.50 bits per heavy atom. The zero-order valence-corrected chi connectivity index (χ0v) is 15.0. The van der Waals surface area contributed by atoms with Gasteiger partial charge in [0.15, 0.2) is 0 Å². The van der Waals surface area contributed by atoms with E-state index >= 15 is 0 Å². The molecule has 0 radical (unpaired) electrons. The van der Waals surface area contributed by atoms with Gasteiger partial charge in [0.05, 0.1) is 17.4 Å². The summed E-state index contributed by atoms with van der Waals surface area (Å²) in [6.45, 7) is 0. The van der Waals surface area contributed by atoms with Crippen molar-refractivity contribution < 1.29 is 4.39 Å². The number of rotatable bonds is 3. The van der Waals surface area contributed by atoms with E-state index in [4.69, 9.17) is 0 Å². The van der Waals surface area contributed by atoms with Gasteiger partial charge in [0.2, 0.25) is 0 Å². The molecule has 2 aromatic heterocycles. The van der Waals surface area contributed by atoms with Crippen molar-refractivity contribution in [1.82, 2.24) is 14.3 Å². The van der Waals surface area contributed by atoms with Crippen LogP contribution in [-0.4, -0.2) is 14.3 Å². The van der Waals surface area contributed by atoms with Gasteiger partial charge in [-0.2, -0.15) is 10.4 Å². The van der Waals surface area contributed by atoms with Crippen molar-refractivity contribution in [2.24, 2.45) is 7.05 Å². The maximum Gasteiger partial charge on any atom is 0.250 e. The highest BCUT2D eigenvalue weighted by molar-refractivity contribution is 5.82. The minimum absolute atomic E-state index is 0.162. The molecule has 2 heterocycles. The first-order chi connectivity index (χ1) is 13.6. The second-order valence-corrected chi connectivity index (χ2v) is 6.36. The maximum atomic E-state index is 13.3. The molecule has 0 saturated heterocycles. The molecule has 136 valence electrons. The third-order valence-corrected chi connectivity index (χ3v) is 4.55. The normalized spacial score (nSPS) is 10.6. The van der Waals surface area contributed by atoms with Crippen LogP contribution in [0.1, 0.15) is 5.56 Å². The van der Waals surface area contributed by atoms with Crippen LogP contribution < -0.4 is 5.56 Å². The van der Waals surface area contributed by atoms with Gasteiger partial charge >= 0.3 is 0 Å². The number of hydrogen-bond donors (Lipinski definition) is 0. The molecule has 0 spiro atoms. The van der Waals surface area contributed by atoms with Crippen LogP contribution in [-0.2, 0) is 7.05 Å². The van der Waals surface area contributed by atoms with E-state index in [0.29, 0.717) is 16.8 Å². The molecule has 6 heteroatoms. The number of pyridine rings is 1. The van der Waals surface area contributed by atoms with E-state index in [9.17, 15) is 14.4 Å². The lowest BCUT2D eigenvalue weighted by Gasteiger charge is -2.10. The minimum atomic E-state index is -0.338. The van der Waals surface area contributed by atoms with Gasteiger partial charge in [0.1, 0.15) is 11.9 Å². The van der Waals surface area contributed by atoms with Crippen molar-refractivity contribution in [3.05, 3.63) is 94.9 Å². The van der Waals surface area contributed by atoms with Crippen molar-refractivity contribution >= 4 is 0 Å². The lowest BCUT2D eigenvalue weighted by molar-refractivity contribution is 0.628. The fourth-order valence-electron chi connectivity index (χ4n) is 3.09. The van der Waals surface area contributed by atoms with Crippen LogP contribution in [0, 0.1) is 17.1 Å². The molecule has 0 N–H and O–H groups in total. The van der Waals surface area contributed by atoms with E-state index in [1.807, 2.05) is 18.3 Å². The van der Waals surface area contributed by atoms with Crippen molar-refractivity contribution in [1.29, 1.82) is 5.26 Å². The second kappa shape index (κ2) is 6.97. The number of halogens is 1. The molecule has 2 aromatic carbocycles. The van der Waals surface area contributed by atoms with E-state index in [1.165, 1.54) is 22.8 Å². The highest BCUT2D eigenvalue weighted by Crippen LogP contribution is 2.31. The van der Waals surface area contributed by atoms with Gasteiger partial charge in [0.25, 0.3) is 5.56 Å². The first-order valence-electron chi connectivity index (χ1n) is 8.58. The van der Waals surface area contributed by atoms with E-state index in [1.54, 1.807) is 48.4 Å². The molecule has 0 bridgehead atoms. The molecule has 0 fully saturated rings. The number of aromatic nitrogens is 3. The van der Waals surface area contributed by atoms with Gasteiger partial charge in [0, 0.05) is 36.6 Å². The van der Waals surface area contributed by atoms with Crippen molar-refractivity contribution in [3.63, 3.8) is 0 Å². The van der Waals surface area contributed by atoms with Crippen molar-refractivity contribution in [2.75, 3.05) is 0 Å². The average molecular weight is 370 g/mol. The summed E-state index contributed by atoms with van der Waals surface area (Å²) in [5.41, 5.74) is 4.01. The first-order valence-corrected chi connectivity index (χ1v) is 8.58. The largest absolute Gasteiger partial charge is 0.318 e. The number of nitriles is 1. The molecule has 0 aliphatic heterocycles. The topological polar surface area (TPSA) is 63.6 Å². The fraction of sp³-hybridized carbons (Fsp3) is 0.0455. The van der Waals surface area contributed by atoms with E-state index in [0.717, 1.165) is 16.7 Å². The van der Waals surface area contributed by atoms with Crippen LogP contribution in [0.2, 0.25) is 0 Å². The summed E-state index contributed by atoms with van der Waals surface area (Å²) in [4.78, 5) is 12.2. The quantitative estimate of drug-likeness (QED) is 0.549. The Labute approximate surface area is 160 Å². The fourth-order valence-corrected chi connectivity index (χ4v) is 3.09. The van der Waals surface area contributed by atoms with E-state index in [-0.39, 0.29) is 11.4 Å². The Kier molecular flexibility index (Phi) is 4.34. The second-order valence-electron chi connectivity index (χ2n) is 6.36. The third-order valence-electron chi connectivity index (χ3n) is 4.55. The van der Waals surface area contributed by atoms with Gasteiger partial charge in [-0.15, -0.1) is 0 Å². The molecule has 0 atom stereocenters. The van der Waals surface area contributed by atoms with Crippen LogP contribution in [0.15, 0.2) is 78.0 Å². The summed E-state index contributed by atoms with van der Waals surface area (Å²) in [6.07, 6.45) is 5.22. The molecule has 5 nitrogen and oxygen atoms in total. The van der Waals surface area contributed by atoms with Gasteiger partial charge < -0.3 is 4.57 Å². The number of benzene rings is 2. The lowest BCUT2D eigenvalue weighted by Crippen LogP contribution is -2.15. The predicted molar refractivity (Wildman–Crippen MR) is 104 cm³/mol. The van der Waals surface area contributed by atoms with E-state index in [2.05, 4.69) is 11.2 Å². The average Bonchev–Trinajstić information content (AvgIpc) is 3.20. The third kappa shape index (κ3) is 3.10. The monoisotopic (exact) mass is 370 g/mol. The molecule has 4 rings (SSSR count). The zero-order valence-electron chi connectivity index (χ0n) is 15.0. The molecule has 0 saturated carbocycles. The van der Waals surface area contributed by atoms with Crippen LogP contribution in [0.25, 0.3) is 27.9 Å². The van der Waals surface area contributed by atoms with Crippen LogP contribution in [0.4, 0.5) is 4.39 Å². The smallest absolute Gasteiger partial charge is 0.250 e. The highest BCUT2D eigenvalue weighted by Gasteiger charge is 2.13. The molecule has 0 amide bonds. The number of nitrogens with zero attached hydrogens (tertiary/aromatic N) is 4. The molecule has 0 aliphatic carbocycles. The molecular formula is C22H15FN4O. The summed E-state index contributed by atoms with van der Waals surface area (Å²) in [6, 6.07) is 16.9. The van der Waals surface area contributed by atoms with Crippen LogP contribution >= 0.6 is 0 Å². The SMILES string of the molecule is Cn1cc(-c2cnn(-c3ccccc3C#N)c2)c(-c2ccc(F)cc2)cc1=O. The maximum absolute atomic E-state index is 13.3. The van der Waals surface area contributed by atoms with E-state index < -0.39 is 0 Å². The number of para-hydroxylation sites is 1. The van der Waals surface area contributed by atoms with Crippen molar-refractivity contribution in [2.45, 2.75) is 0 Å². The summed E-state index contributed by atoms with van der Waals surface area (Å²) >= 11 is 0.